The first-order chi connectivity index (χ1) is 8.66. The van der Waals surface area contributed by atoms with Crippen molar-refractivity contribution in [1.29, 1.82) is 0 Å². The quantitative estimate of drug-likeness (QED) is 0.843. The third-order valence-electron chi connectivity index (χ3n) is 2.70. The van der Waals surface area contributed by atoms with Gasteiger partial charge < -0.3 is 4.74 Å². The van der Waals surface area contributed by atoms with Crippen molar-refractivity contribution in [3.63, 3.8) is 0 Å². The zero-order chi connectivity index (χ0) is 13.0. The highest BCUT2D eigenvalue weighted by Gasteiger charge is 2.04. The predicted molar refractivity (Wildman–Crippen MR) is 74.3 cm³/mol. The summed E-state index contributed by atoms with van der Waals surface area (Å²) in [5.41, 5.74) is 2.14. The second kappa shape index (κ2) is 5.83. The van der Waals surface area contributed by atoms with Gasteiger partial charge in [0.05, 0.1) is 10.8 Å². The first-order valence-corrected chi connectivity index (χ1v) is 7.33. The van der Waals surface area contributed by atoms with Gasteiger partial charge in [0.2, 0.25) is 0 Å². The van der Waals surface area contributed by atoms with E-state index in [4.69, 9.17) is 4.74 Å². The fourth-order valence-electron chi connectivity index (χ4n) is 1.78. The number of rotatable bonds is 4. The van der Waals surface area contributed by atoms with Crippen LogP contribution < -0.4 is 4.74 Å². The number of hydrogen-bond acceptors (Lipinski definition) is 2. The van der Waals surface area contributed by atoms with Gasteiger partial charge in [-0.05, 0) is 36.2 Å². The minimum Gasteiger partial charge on any atom is -0.489 e. The van der Waals surface area contributed by atoms with E-state index in [1.807, 2.05) is 55.5 Å². The van der Waals surface area contributed by atoms with Gasteiger partial charge in [-0.25, -0.2) is 0 Å². The standard InChI is InChI=1S/C15H16O2S/c1-12-10-14(8-9-15(12)18(2)16)17-11-13-6-4-3-5-7-13/h3-10H,11H2,1-2H3. The molecule has 0 aliphatic rings. The fourth-order valence-corrected chi connectivity index (χ4v) is 2.55. The molecule has 0 spiro atoms. The van der Waals surface area contributed by atoms with Gasteiger partial charge >= 0.3 is 0 Å². The Morgan fingerprint density at radius 3 is 2.44 bits per heavy atom. The Bertz CT molecular complexity index is 550. The summed E-state index contributed by atoms with van der Waals surface area (Å²) in [6.07, 6.45) is 1.69. The van der Waals surface area contributed by atoms with Gasteiger partial charge in [0.25, 0.3) is 0 Å². The van der Waals surface area contributed by atoms with Crippen LogP contribution in [0, 0.1) is 6.92 Å². The lowest BCUT2D eigenvalue weighted by Gasteiger charge is -2.09. The predicted octanol–water partition coefficient (Wildman–Crippen LogP) is 3.31. The number of benzene rings is 2. The lowest BCUT2D eigenvalue weighted by Crippen LogP contribution is -1.97. The van der Waals surface area contributed by atoms with Crippen LogP contribution in [0.4, 0.5) is 0 Å². The molecule has 2 rings (SSSR count). The van der Waals surface area contributed by atoms with Gasteiger partial charge in [-0.3, -0.25) is 4.21 Å². The zero-order valence-electron chi connectivity index (χ0n) is 10.6. The molecular formula is C15H16O2S. The van der Waals surface area contributed by atoms with Crippen LogP contribution in [0.5, 0.6) is 5.75 Å². The van der Waals surface area contributed by atoms with Crippen molar-refractivity contribution < 1.29 is 8.95 Å². The largest absolute Gasteiger partial charge is 0.489 e. The third kappa shape index (κ3) is 3.20. The molecule has 0 heterocycles. The molecule has 2 aromatic rings. The van der Waals surface area contributed by atoms with Crippen molar-refractivity contribution >= 4 is 10.8 Å². The molecule has 1 unspecified atom stereocenters. The lowest BCUT2D eigenvalue weighted by atomic mass is 10.2. The first-order valence-electron chi connectivity index (χ1n) is 5.77. The Hall–Kier alpha value is -1.61. The third-order valence-corrected chi connectivity index (χ3v) is 3.78. The van der Waals surface area contributed by atoms with Crippen molar-refractivity contribution in [3.8, 4) is 5.75 Å². The minimum absolute atomic E-state index is 0.550. The number of ether oxygens (including phenoxy) is 1. The van der Waals surface area contributed by atoms with E-state index < -0.39 is 10.8 Å². The molecule has 18 heavy (non-hydrogen) atoms. The lowest BCUT2D eigenvalue weighted by molar-refractivity contribution is 0.306. The van der Waals surface area contributed by atoms with E-state index in [1.165, 1.54) is 0 Å². The normalized spacial score (nSPS) is 12.1. The molecular weight excluding hydrogens is 244 g/mol. The van der Waals surface area contributed by atoms with Crippen LogP contribution >= 0.6 is 0 Å². The minimum atomic E-state index is -0.944. The summed E-state index contributed by atoms with van der Waals surface area (Å²) < 4.78 is 17.1. The second-order valence-electron chi connectivity index (χ2n) is 4.16. The Kier molecular flexibility index (Phi) is 4.15. The Labute approximate surface area is 110 Å². The van der Waals surface area contributed by atoms with E-state index in [0.29, 0.717) is 6.61 Å². The molecule has 0 aliphatic heterocycles. The molecule has 0 fully saturated rings. The summed E-state index contributed by atoms with van der Waals surface area (Å²) in [4.78, 5) is 0.863. The molecule has 1 atom stereocenters. The molecule has 2 aromatic carbocycles. The maximum Gasteiger partial charge on any atom is 0.120 e. The maximum absolute atomic E-state index is 11.4. The van der Waals surface area contributed by atoms with E-state index in [2.05, 4.69) is 0 Å². The first kappa shape index (κ1) is 12.8. The summed E-state index contributed by atoms with van der Waals surface area (Å²) in [6, 6.07) is 15.7. The summed E-state index contributed by atoms with van der Waals surface area (Å²) in [7, 11) is -0.944. The molecule has 2 nitrogen and oxygen atoms in total. The average molecular weight is 260 g/mol. The van der Waals surface area contributed by atoms with E-state index in [-0.39, 0.29) is 0 Å². The number of hydrogen-bond donors (Lipinski definition) is 0. The highest BCUT2D eigenvalue weighted by molar-refractivity contribution is 7.84. The van der Waals surface area contributed by atoms with Gasteiger partial charge in [0, 0.05) is 11.2 Å². The van der Waals surface area contributed by atoms with E-state index in [0.717, 1.165) is 21.8 Å². The van der Waals surface area contributed by atoms with Gasteiger partial charge in [0.1, 0.15) is 12.4 Å². The molecule has 0 aromatic heterocycles. The molecule has 0 saturated carbocycles. The van der Waals surface area contributed by atoms with Crippen molar-refractivity contribution in [3.05, 3.63) is 59.7 Å². The van der Waals surface area contributed by atoms with E-state index >= 15 is 0 Å². The smallest absolute Gasteiger partial charge is 0.120 e. The fraction of sp³-hybridized carbons (Fsp3) is 0.200. The monoisotopic (exact) mass is 260 g/mol. The molecule has 0 bridgehead atoms. The zero-order valence-corrected chi connectivity index (χ0v) is 11.4. The van der Waals surface area contributed by atoms with Gasteiger partial charge in [-0.15, -0.1) is 0 Å². The molecule has 3 heteroatoms. The van der Waals surface area contributed by atoms with Crippen LogP contribution in [0.15, 0.2) is 53.4 Å². The van der Waals surface area contributed by atoms with E-state index in [1.54, 1.807) is 6.26 Å². The second-order valence-corrected chi connectivity index (χ2v) is 5.50. The Morgan fingerprint density at radius 2 is 1.83 bits per heavy atom. The highest BCUT2D eigenvalue weighted by atomic mass is 32.2. The van der Waals surface area contributed by atoms with E-state index in [9.17, 15) is 4.21 Å². The highest BCUT2D eigenvalue weighted by Crippen LogP contribution is 2.20. The summed E-state index contributed by atoms with van der Waals surface area (Å²) in [5.74, 6) is 0.811. The Morgan fingerprint density at radius 1 is 1.11 bits per heavy atom. The molecule has 94 valence electrons. The van der Waals surface area contributed by atoms with Crippen molar-refractivity contribution in [2.24, 2.45) is 0 Å². The van der Waals surface area contributed by atoms with Crippen molar-refractivity contribution in [2.75, 3.05) is 6.26 Å². The van der Waals surface area contributed by atoms with Crippen molar-refractivity contribution in [1.82, 2.24) is 0 Å². The summed E-state index contributed by atoms with van der Waals surface area (Å²) in [6.45, 7) is 2.50. The van der Waals surface area contributed by atoms with Crippen molar-refractivity contribution in [2.45, 2.75) is 18.4 Å². The molecule has 0 saturated heterocycles. The van der Waals surface area contributed by atoms with Crippen LogP contribution in [0.2, 0.25) is 0 Å². The SMILES string of the molecule is Cc1cc(OCc2ccccc2)ccc1S(C)=O. The maximum atomic E-state index is 11.4. The molecule has 0 radical (unpaired) electrons. The van der Waals surface area contributed by atoms with Crippen LogP contribution in [-0.4, -0.2) is 10.5 Å². The van der Waals surface area contributed by atoms with Crippen LogP contribution in [-0.2, 0) is 17.4 Å². The molecule has 0 amide bonds. The molecule has 0 N–H and O–H groups in total. The van der Waals surface area contributed by atoms with Crippen LogP contribution in [0.25, 0.3) is 0 Å². The van der Waals surface area contributed by atoms with Crippen LogP contribution in [0.1, 0.15) is 11.1 Å². The Balaban J connectivity index is 2.07. The topological polar surface area (TPSA) is 26.3 Å². The van der Waals surface area contributed by atoms with Gasteiger partial charge in [0.15, 0.2) is 0 Å². The summed E-state index contributed by atoms with van der Waals surface area (Å²) >= 11 is 0. The molecule has 0 aliphatic carbocycles. The average Bonchev–Trinajstić information content (AvgIpc) is 2.37. The summed E-state index contributed by atoms with van der Waals surface area (Å²) in [5, 5.41) is 0. The van der Waals surface area contributed by atoms with Gasteiger partial charge in [-0.2, -0.15) is 0 Å². The van der Waals surface area contributed by atoms with Gasteiger partial charge in [-0.1, -0.05) is 30.3 Å². The van der Waals surface area contributed by atoms with Crippen LogP contribution in [0.3, 0.4) is 0 Å². The number of aryl methyl sites for hydroxylation is 1.